The van der Waals surface area contributed by atoms with Gasteiger partial charge in [-0.25, -0.2) is 4.98 Å². The molecule has 0 aromatic carbocycles. The smallest absolute Gasteiger partial charge is 0.185 e. The van der Waals surface area contributed by atoms with Crippen LogP contribution in [0.15, 0.2) is 0 Å². The Kier molecular flexibility index (Phi) is 6.03. The molecule has 0 spiro atoms. The van der Waals surface area contributed by atoms with Crippen molar-refractivity contribution in [3.05, 3.63) is 10.6 Å². The van der Waals surface area contributed by atoms with E-state index in [-0.39, 0.29) is 0 Å². The van der Waals surface area contributed by atoms with Gasteiger partial charge in [0.1, 0.15) is 0 Å². The maximum Gasteiger partial charge on any atom is 0.185 e. The molecule has 0 atom stereocenters. The molecule has 1 fully saturated rings. The zero-order valence-corrected chi connectivity index (χ0v) is 12.6. The molecule has 2 rings (SSSR count). The number of aromatic nitrogens is 1. The van der Waals surface area contributed by atoms with Crippen LogP contribution in [-0.2, 0) is 22.6 Å². The van der Waals surface area contributed by atoms with Crippen LogP contribution in [0.2, 0.25) is 0 Å². The summed E-state index contributed by atoms with van der Waals surface area (Å²) in [6, 6.07) is 0. The van der Waals surface area contributed by atoms with Gasteiger partial charge in [0.2, 0.25) is 0 Å². The van der Waals surface area contributed by atoms with Gasteiger partial charge in [0, 0.05) is 45.3 Å². The predicted molar refractivity (Wildman–Crippen MR) is 77.9 cm³/mol. The molecule has 0 aliphatic carbocycles. The van der Waals surface area contributed by atoms with Crippen molar-refractivity contribution in [3.8, 4) is 0 Å². The Morgan fingerprint density at radius 2 is 2.05 bits per heavy atom. The predicted octanol–water partition coefficient (Wildman–Crippen LogP) is 1.63. The summed E-state index contributed by atoms with van der Waals surface area (Å²) in [5.74, 6) is 0. The molecule has 108 valence electrons. The molecule has 1 N–H and O–H groups in total. The third-order valence-corrected chi connectivity index (χ3v) is 4.35. The van der Waals surface area contributed by atoms with Gasteiger partial charge in [0.25, 0.3) is 0 Å². The quantitative estimate of drug-likeness (QED) is 0.736. The molecule has 0 bridgehead atoms. The highest BCUT2D eigenvalue weighted by molar-refractivity contribution is 7.15. The number of thiazole rings is 1. The molecule has 2 heterocycles. The molecule has 0 saturated carbocycles. The Morgan fingerprint density at radius 1 is 1.26 bits per heavy atom. The third kappa shape index (κ3) is 4.14. The lowest BCUT2D eigenvalue weighted by Crippen LogP contribution is -2.18. The molecule has 0 unspecified atom stereocenters. The Balaban J connectivity index is 1.97. The Labute approximate surface area is 118 Å². The van der Waals surface area contributed by atoms with Crippen molar-refractivity contribution in [2.75, 3.05) is 45.4 Å². The minimum absolute atomic E-state index is 0.589. The van der Waals surface area contributed by atoms with Crippen molar-refractivity contribution >= 4 is 16.5 Å². The molecule has 1 aliphatic heterocycles. The van der Waals surface area contributed by atoms with Gasteiger partial charge in [-0.05, 0) is 12.8 Å². The number of nitrogens with zero attached hydrogens (tertiary/aromatic N) is 2. The number of ether oxygens (including phenoxy) is 2. The minimum atomic E-state index is 0.589. The maximum absolute atomic E-state index is 5.25. The Morgan fingerprint density at radius 3 is 2.74 bits per heavy atom. The van der Waals surface area contributed by atoms with Crippen molar-refractivity contribution in [1.82, 2.24) is 10.3 Å². The van der Waals surface area contributed by atoms with E-state index in [1.54, 1.807) is 25.6 Å². The van der Waals surface area contributed by atoms with Gasteiger partial charge in [-0.2, -0.15) is 0 Å². The lowest BCUT2D eigenvalue weighted by atomic mass is 10.3. The summed E-state index contributed by atoms with van der Waals surface area (Å²) in [4.78, 5) is 8.38. The van der Waals surface area contributed by atoms with Crippen molar-refractivity contribution in [2.45, 2.75) is 26.0 Å². The van der Waals surface area contributed by atoms with Gasteiger partial charge in [-0.3, -0.25) is 0 Å². The first kappa shape index (κ1) is 14.7. The van der Waals surface area contributed by atoms with Crippen molar-refractivity contribution in [2.24, 2.45) is 0 Å². The minimum Gasteiger partial charge on any atom is -0.383 e. The van der Waals surface area contributed by atoms with Crippen LogP contribution in [0.25, 0.3) is 0 Å². The highest BCUT2D eigenvalue weighted by atomic mass is 32.1. The van der Waals surface area contributed by atoms with Gasteiger partial charge in [-0.15, -0.1) is 11.3 Å². The fraction of sp³-hybridized carbons (Fsp3) is 0.769. The zero-order valence-electron chi connectivity index (χ0n) is 11.8. The van der Waals surface area contributed by atoms with Gasteiger partial charge >= 0.3 is 0 Å². The summed E-state index contributed by atoms with van der Waals surface area (Å²) >= 11 is 1.79. The van der Waals surface area contributed by atoms with E-state index in [2.05, 4.69) is 10.2 Å². The molecular formula is C13H23N3O2S. The van der Waals surface area contributed by atoms with Crippen molar-refractivity contribution in [3.63, 3.8) is 0 Å². The first-order valence-corrected chi connectivity index (χ1v) is 7.59. The zero-order chi connectivity index (χ0) is 13.5. The van der Waals surface area contributed by atoms with Gasteiger partial charge in [0.05, 0.1) is 18.9 Å². The van der Waals surface area contributed by atoms with Crippen LogP contribution in [-0.4, -0.2) is 45.4 Å². The summed E-state index contributed by atoms with van der Waals surface area (Å²) in [6.07, 6.45) is 2.56. The second kappa shape index (κ2) is 7.79. The van der Waals surface area contributed by atoms with Gasteiger partial charge in [-0.1, -0.05) is 0 Å². The summed E-state index contributed by atoms with van der Waals surface area (Å²) in [7, 11) is 3.44. The van der Waals surface area contributed by atoms with E-state index in [1.807, 2.05) is 0 Å². The van der Waals surface area contributed by atoms with Crippen LogP contribution in [0.3, 0.4) is 0 Å². The van der Waals surface area contributed by atoms with E-state index in [9.17, 15) is 0 Å². The molecule has 1 aromatic rings. The molecule has 0 radical (unpaired) electrons. The lowest BCUT2D eigenvalue weighted by Gasteiger charge is -2.12. The van der Waals surface area contributed by atoms with E-state index in [0.717, 1.165) is 43.6 Å². The normalized spacial score (nSPS) is 15.4. The van der Waals surface area contributed by atoms with E-state index in [4.69, 9.17) is 14.5 Å². The Bertz CT molecular complexity index is 378. The largest absolute Gasteiger partial charge is 0.383 e. The molecule has 1 aromatic heterocycles. The first-order chi connectivity index (χ1) is 9.35. The highest BCUT2D eigenvalue weighted by Crippen LogP contribution is 2.29. The lowest BCUT2D eigenvalue weighted by molar-refractivity contribution is 0.181. The van der Waals surface area contributed by atoms with Crippen LogP contribution >= 0.6 is 11.3 Å². The third-order valence-electron chi connectivity index (χ3n) is 3.19. The van der Waals surface area contributed by atoms with E-state index < -0.39 is 0 Å². The number of nitrogens with one attached hydrogen (secondary N) is 1. The molecule has 1 saturated heterocycles. The van der Waals surface area contributed by atoms with Crippen LogP contribution in [0, 0.1) is 0 Å². The molecule has 5 nitrogen and oxygen atoms in total. The van der Waals surface area contributed by atoms with Gasteiger partial charge < -0.3 is 19.7 Å². The van der Waals surface area contributed by atoms with E-state index >= 15 is 0 Å². The maximum atomic E-state index is 5.25. The second-order valence-electron chi connectivity index (χ2n) is 4.66. The average molecular weight is 285 g/mol. The molecular weight excluding hydrogens is 262 g/mol. The van der Waals surface area contributed by atoms with Crippen LogP contribution < -0.4 is 10.2 Å². The fourth-order valence-corrected chi connectivity index (χ4v) is 3.26. The summed E-state index contributed by atoms with van der Waals surface area (Å²) in [5.41, 5.74) is 1.07. The number of hydrogen-bond donors (Lipinski definition) is 1. The van der Waals surface area contributed by atoms with E-state index in [1.165, 1.54) is 17.7 Å². The summed E-state index contributed by atoms with van der Waals surface area (Å²) in [5, 5.41) is 4.52. The average Bonchev–Trinajstić information content (AvgIpc) is 3.04. The standard InChI is InChI=1S/C13H23N3O2S/c1-17-8-5-14-9-12-11(10-18-2)15-13(19-12)16-6-3-4-7-16/h14H,3-10H2,1-2H3. The van der Waals surface area contributed by atoms with E-state index in [0.29, 0.717) is 6.61 Å². The number of anilines is 1. The SMILES string of the molecule is COCCNCc1sc(N2CCCC2)nc1COC. The summed E-state index contributed by atoms with van der Waals surface area (Å²) in [6.45, 7) is 5.30. The van der Waals surface area contributed by atoms with Gasteiger partial charge in [0.15, 0.2) is 5.13 Å². The molecule has 6 heteroatoms. The monoisotopic (exact) mass is 285 g/mol. The Hall–Kier alpha value is -0.690. The van der Waals surface area contributed by atoms with Crippen LogP contribution in [0.4, 0.5) is 5.13 Å². The first-order valence-electron chi connectivity index (χ1n) is 6.77. The number of methoxy groups -OCH3 is 2. The number of rotatable bonds is 8. The second-order valence-corrected chi connectivity index (χ2v) is 5.73. The summed E-state index contributed by atoms with van der Waals surface area (Å²) < 4.78 is 10.3. The van der Waals surface area contributed by atoms with Crippen molar-refractivity contribution < 1.29 is 9.47 Å². The molecule has 1 aliphatic rings. The molecule has 19 heavy (non-hydrogen) atoms. The van der Waals surface area contributed by atoms with Crippen molar-refractivity contribution in [1.29, 1.82) is 0 Å². The highest BCUT2D eigenvalue weighted by Gasteiger charge is 2.18. The van der Waals surface area contributed by atoms with Crippen LogP contribution in [0.5, 0.6) is 0 Å². The fourth-order valence-electron chi connectivity index (χ4n) is 2.18. The number of hydrogen-bond acceptors (Lipinski definition) is 6. The van der Waals surface area contributed by atoms with Crippen LogP contribution in [0.1, 0.15) is 23.4 Å². The topological polar surface area (TPSA) is 46.6 Å². The molecule has 0 amide bonds.